The number of benzene rings is 3. The van der Waals surface area contributed by atoms with E-state index in [1.165, 1.54) is 7.11 Å². The Hall–Kier alpha value is -4.07. The van der Waals surface area contributed by atoms with Crippen molar-refractivity contribution in [2.24, 2.45) is 7.05 Å². The van der Waals surface area contributed by atoms with Gasteiger partial charge >= 0.3 is 5.97 Å². The average Bonchev–Trinajstić information content (AvgIpc) is 3.65. The highest BCUT2D eigenvalue weighted by Crippen LogP contribution is 2.45. The number of fused-ring (bicyclic) bond motifs is 1. The summed E-state index contributed by atoms with van der Waals surface area (Å²) in [7, 11) is 3.14. The highest BCUT2D eigenvalue weighted by molar-refractivity contribution is 6.33. The molecule has 3 aromatic carbocycles. The van der Waals surface area contributed by atoms with Crippen molar-refractivity contribution >= 4 is 52.2 Å². The molecule has 6 rings (SSSR count). The van der Waals surface area contributed by atoms with Crippen LogP contribution in [0.2, 0.25) is 10.0 Å². The van der Waals surface area contributed by atoms with Gasteiger partial charge in [-0.25, -0.2) is 4.79 Å². The van der Waals surface area contributed by atoms with E-state index in [2.05, 4.69) is 10.3 Å². The van der Waals surface area contributed by atoms with Gasteiger partial charge < -0.3 is 14.0 Å². The third-order valence-electron chi connectivity index (χ3n) is 7.29. The molecule has 0 atom stereocenters. The minimum absolute atomic E-state index is 0.291. The first kappa shape index (κ1) is 27.1. The van der Waals surface area contributed by atoms with Gasteiger partial charge in [-0.05, 0) is 72.9 Å². The maximum absolute atomic E-state index is 12.0. The van der Waals surface area contributed by atoms with Crippen molar-refractivity contribution in [3.8, 4) is 17.0 Å². The van der Waals surface area contributed by atoms with E-state index in [-0.39, 0.29) is 0 Å². The largest absolute Gasteiger partial charge is 0.489 e. The summed E-state index contributed by atoms with van der Waals surface area (Å²) in [6.07, 6.45) is 6.06. The Kier molecular flexibility index (Phi) is 7.32. The smallest absolute Gasteiger partial charge is 0.359 e. The van der Waals surface area contributed by atoms with Gasteiger partial charge in [0.15, 0.2) is 5.69 Å². The molecule has 1 fully saturated rings. The number of nitrogens with zero attached hydrogens (tertiary/aromatic N) is 3. The van der Waals surface area contributed by atoms with Gasteiger partial charge in [-0.3, -0.25) is 4.68 Å². The summed E-state index contributed by atoms with van der Waals surface area (Å²) in [6.45, 7) is 2.30. The summed E-state index contributed by atoms with van der Waals surface area (Å²) in [4.78, 5) is 12.0. The second-order valence-electron chi connectivity index (χ2n) is 10.1. The molecule has 0 spiro atoms. The van der Waals surface area contributed by atoms with E-state index < -0.39 is 5.97 Å². The Balaban J connectivity index is 1.21. The molecular formula is C32H27Cl2N3O4. The van der Waals surface area contributed by atoms with Crippen LogP contribution in [-0.4, -0.2) is 28.0 Å². The Labute approximate surface area is 247 Å². The van der Waals surface area contributed by atoms with E-state index in [1.807, 2.05) is 67.6 Å². The molecule has 1 saturated carbocycles. The topological polar surface area (TPSA) is 79.4 Å². The third-order valence-corrected chi connectivity index (χ3v) is 7.93. The number of ether oxygens (including phenoxy) is 2. The van der Waals surface area contributed by atoms with Crippen molar-refractivity contribution in [3.05, 3.63) is 98.4 Å². The van der Waals surface area contributed by atoms with Crippen LogP contribution >= 0.6 is 23.2 Å². The Morgan fingerprint density at radius 2 is 1.93 bits per heavy atom. The number of hydrogen-bond acceptors (Lipinski definition) is 6. The zero-order chi connectivity index (χ0) is 28.7. The highest BCUT2D eigenvalue weighted by atomic mass is 35.5. The van der Waals surface area contributed by atoms with Gasteiger partial charge in [0.25, 0.3) is 0 Å². The van der Waals surface area contributed by atoms with Crippen molar-refractivity contribution in [1.29, 1.82) is 0 Å². The molecule has 2 aromatic heterocycles. The quantitative estimate of drug-likeness (QED) is 0.134. The van der Waals surface area contributed by atoms with Crippen molar-refractivity contribution in [2.75, 3.05) is 7.11 Å². The second kappa shape index (κ2) is 11.1. The SMILES string of the molecule is COC(=O)c1nn(C)c2cc(/C=C/c3ccc(OCc4c(-c5c(C)cccc5Cl)noc4C4CC4)cc3Cl)ccc12. The van der Waals surface area contributed by atoms with Crippen LogP contribution in [0.3, 0.4) is 0 Å². The minimum atomic E-state index is -0.462. The third kappa shape index (κ3) is 5.35. The Morgan fingerprint density at radius 3 is 2.66 bits per heavy atom. The summed E-state index contributed by atoms with van der Waals surface area (Å²) in [5, 5.41) is 10.6. The molecule has 0 radical (unpaired) electrons. The van der Waals surface area contributed by atoms with Gasteiger partial charge in [-0.15, -0.1) is 0 Å². The number of methoxy groups -OCH3 is 1. The molecule has 0 aliphatic heterocycles. The fourth-order valence-corrected chi connectivity index (χ4v) is 5.50. The van der Waals surface area contributed by atoms with Crippen LogP contribution in [0, 0.1) is 6.92 Å². The lowest BCUT2D eigenvalue weighted by Crippen LogP contribution is -2.03. The number of aromatic nitrogens is 3. The maximum atomic E-state index is 12.0. The van der Waals surface area contributed by atoms with Crippen molar-refractivity contribution < 1.29 is 18.8 Å². The summed E-state index contributed by atoms with van der Waals surface area (Å²) < 4.78 is 18.5. The van der Waals surface area contributed by atoms with Crippen LogP contribution in [0.4, 0.5) is 0 Å². The standard InChI is InChI=1S/C32H27Cl2N3O4/c1-18-5-4-6-25(33)28(18)29-24(31(41-36-29)21-10-11-21)17-40-22-13-12-20(26(34)16-22)9-7-19-8-14-23-27(15-19)37(2)35-30(23)32(38)39-3/h4-9,12-16,21H,10-11,17H2,1-3H3/b9-7+. The first-order valence-electron chi connectivity index (χ1n) is 13.2. The van der Waals surface area contributed by atoms with Crippen LogP contribution < -0.4 is 4.74 Å². The zero-order valence-electron chi connectivity index (χ0n) is 22.8. The maximum Gasteiger partial charge on any atom is 0.359 e. The van der Waals surface area contributed by atoms with E-state index in [0.717, 1.165) is 63.0 Å². The Bertz CT molecular complexity index is 1800. The number of carbonyl (C=O) groups excluding carboxylic acids is 1. The van der Waals surface area contributed by atoms with Gasteiger partial charge in [-0.2, -0.15) is 5.10 Å². The predicted molar refractivity (Wildman–Crippen MR) is 160 cm³/mol. The Morgan fingerprint density at radius 1 is 1.10 bits per heavy atom. The van der Waals surface area contributed by atoms with Gasteiger partial charge in [0.2, 0.25) is 0 Å². The number of aryl methyl sites for hydroxylation is 2. The van der Waals surface area contributed by atoms with E-state index in [0.29, 0.717) is 34.0 Å². The van der Waals surface area contributed by atoms with E-state index in [9.17, 15) is 4.79 Å². The predicted octanol–water partition coefficient (Wildman–Crippen LogP) is 8.26. The van der Waals surface area contributed by atoms with E-state index >= 15 is 0 Å². The average molecular weight is 588 g/mol. The second-order valence-corrected chi connectivity index (χ2v) is 10.9. The number of rotatable bonds is 8. The fraction of sp³-hybridized carbons (Fsp3) is 0.219. The molecule has 9 heteroatoms. The summed E-state index contributed by atoms with van der Waals surface area (Å²) in [5.74, 6) is 1.42. The van der Waals surface area contributed by atoms with Crippen LogP contribution in [0.5, 0.6) is 5.75 Å². The van der Waals surface area contributed by atoms with Crippen molar-refractivity contribution in [2.45, 2.75) is 32.3 Å². The van der Waals surface area contributed by atoms with Crippen LogP contribution in [-0.2, 0) is 18.4 Å². The molecule has 1 aliphatic carbocycles. The lowest BCUT2D eigenvalue weighted by Gasteiger charge is -2.11. The number of hydrogen-bond donors (Lipinski definition) is 0. The molecule has 0 unspecified atom stereocenters. The number of esters is 1. The molecule has 2 heterocycles. The number of halogens is 2. The lowest BCUT2D eigenvalue weighted by atomic mass is 10.0. The first-order chi connectivity index (χ1) is 19.8. The first-order valence-corrected chi connectivity index (χ1v) is 14.0. The fourth-order valence-electron chi connectivity index (χ4n) is 4.96. The summed E-state index contributed by atoms with van der Waals surface area (Å²) >= 11 is 13.2. The summed E-state index contributed by atoms with van der Waals surface area (Å²) in [6, 6.07) is 17.2. The molecular weight excluding hydrogens is 561 g/mol. The van der Waals surface area contributed by atoms with Crippen molar-refractivity contribution in [3.63, 3.8) is 0 Å². The van der Waals surface area contributed by atoms with Gasteiger partial charge in [0.1, 0.15) is 23.8 Å². The van der Waals surface area contributed by atoms with Crippen LogP contribution in [0.1, 0.15) is 57.3 Å². The monoisotopic (exact) mass is 587 g/mol. The molecule has 0 amide bonds. The molecule has 0 bridgehead atoms. The normalized spacial score (nSPS) is 13.3. The van der Waals surface area contributed by atoms with Gasteiger partial charge in [-0.1, -0.05) is 58.7 Å². The molecule has 208 valence electrons. The van der Waals surface area contributed by atoms with Gasteiger partial charge in [0, 0.05) is 23.9 Å². The highest BCUT2D eigenvalue weighted by Gasteiger charge is 2.33. The molecule has 5 aromatic rings. The minimum Gasteiger partial charge on any atom is -0.489 e. The number of carbonyl (C=O) groups is 1. The van der Waals surface area contributed by atoms with Gasteiger partial charge in [0.05, 0.1) is 28.2 Å². The molecule has 7 nitrogen and oxygen atoms in total. The van der Waals surface area contributed by atoms with E-state index in [4.69, 9.17) is 37.2 Å². The van der Waals surface area contributed by atoms with E-state index in [1.54, 1.807) is 17.8 Å². The molecule has 41 heavy (non-hydrogen) atoms. The van der Waals surface area contributed by atoms with Crippen LogP contribution in [0.25, 0.3) is 34.3 Å². The molecule has 0 saturated heterocycles. The summed E-state index contributed by atoms with van der Waals surface area (Å²) in [5.41, 5.74) is 6.45. The molecule has 0 N–H and O–H groups in total. The van der Waals surface area contributed by atoms with Crippen molar-refractivity contribution in [1.82, 2.24) is 14.9 Å². The van der Waals surface area contributed by atoms with Crippen LogP contribution in [0.15, 0.2) is 59.1 Å². The molecule has 1 aliphatic rings. The lowest BCUT2D eigenvalue weighted by molar-refractivity contribution is 0.0595. The zero-order valence-corrected chi connectivity index (χ0v) is 24.3.